The van der Waals surface area contributed by atoms with Gasteiger partial charge in [-0.05, 0) is 83.9 Å². The molecule has 0 aromatic heterocycles. The summed E-state index contributed by atoms with van der Waals surface area (Å²) in [4.78, 5) is 68.9. The summed E-state index contributed by atoms with van der Waals surface area (Å²) in [6, 6.07) is 31.2. The molecule has 4 aromatic rings. The number of unbranched alkanes of at least 4 members (excludes halogenated alkanes) is 1. The minimum Gasteiger partial charge on any atom is -0.462 e. The van der Waals surface area contributed by atoms with Gasteiger partial charge in [-0.3, -0.25) is 9.59 Å². The number of amides is 4. The summed E-state index contributed by atoms with van der Waals surface area (Å²) in [5.74, 6) is -2.15. The highest BCUT2D eigenvalue weighted by Gasteiger charge is 2.34. The van der Waals surface area contributed by atoms with Crippen molar-refractivity contribution in [1.82, 2.24) is 20.9 Å². The zero-order valence-corrected chi connectivity index (χ0v) is 35.4. The minimum atomic E-state index is -1.02. The molecule has 4 N–H and O–H groups in total. The van der Waals surface area contributed by atoms with Crippen molar-refractivity contribution in [2.24, 2.45) is 5.92 Å². The number of esters is 1. The van der Waals surface area contributed by atoms with Gasteiger partial charge < -0.3 is 40.2 Å². The first-order valence-corrected chi connectivity index (χ1v) is 21.9. The molecule has 7 rings (SSSR count). The van der Waals surface area contributed by atoms with Gasteiger partial charge in [-0.2, -0.15) is 0 Å². The van der Waals surface area contributed by atoms with Crippen LogP contribution in [0.5, 0.6) is 0 Å². The van der Waals surface area contributed by atoms with E-state index < -0.39 is 42.2 Å². The molecule has 3 aliphatic rings. The number of aliphatic hydroxyl groups excluding tert-OH is 1. The van der Waals surface area contributed by atoms with Gasteiger partial charge in [0.25, 0.3) is 0 Å². The van der Waals surface area contributed by atoms with Crippen LogP contribution in [0.1, 0.15) is 78.7 Å². The number of ether oxygens (including phenoxy) is 3. The Balaban J connectivity index is 0.988. The fourth-order valence-electron chi connectivity index (χ4n) is 8.61. The summed E-state index contributed by atoms with van der Waals surface area (Å²) < 4.78 is 16.9. The number of carbonyl (C=O) groups is 5. The van der Waals surface area contributed by atoms with Crippen molar-refractivity contribution >= 4 is 30.0 Å². The lowest BCUT2D eigenvalue weighted by Gasteiger charge is -2.36. The van der Waals surface area contributed by atoms with E-state index in [1.54, 1.807) is 4.90 Å². The van der Waals surface area contributed by atoms with Crippen LogP contribution in [0.3, 0.4) is 0 Å². The number of rotatable bonds is 13. The predicted molar refractivity (Wildman–Crippen MR) is 236 cm³/mol. The van der Waals surface area contributed by atoms with Gasteiger partial charge in [0.05, 0.1) is 24.6 Å². The lowest BCUT2D eigenvalue weighted by atomic mass is 9.92. The maximum atomic E-state index is 14.0. The van der Waals surface area contributed by atoms with Crippen molar-refractivity contribution in [3.63, 3.8) is 0 Å². The summed E-state index contributed by atoms with van der Waals surface area (Å²) in [7, 11) is 0. The molecule has 4 aromatic carbocycles. The quantitative estimate of drug-likeness (QED) is 0.0494. The topological polar surface area (TPSA) is 173 Å². The highest BCUT2D eigenvalue weighted by Crippen LogP contribution is 2.44. The molecular weight excluding hydrogens is 801 g/mol. The normalized spacial score (nSPS) is 20.0. The van der Waals surface area contributed by atoms with Crippen LogP contribution >= 0.6 is 0 Å². The highest BCUT2D eigenvalue weighted by atomic mass is 16.6. The second-order valence-corrected chi connectivity index (χ2v) is 16.4. The van der Waals surface area contributed by atoms with Crippen LogP contribution in [0.25, 0.3) is 11.1 Å². The zero-order valence-electron chi connectivity index (χ0n) is 35.4. The molecule has 0 bridgehead atoms. The van der Waals surface area contributed by atoms with Gasteiger partial charge >= 0.3 is 18.2 Å². The molecule has 4 atom stereocenters. The van der Waals surface area contributed by atoms with E-state index in [0.717, 1.165) is 38.9 Å². The summed E-state index contributed by atoms with van der Waals surface area (Å²) in [5, 5.41) is 18.8. The Morgan fingerprint density at radius 2 is 1.51 bits per heavy atom. The summed E-state index contributed by atoms with van der Waals surface area (Å²) >= 11 is 0. The zero-order chi connectivity index (χ0) is 44.0. The molecule has 13 heteroatoms. The van der Waals surface area contributed by atoms with Crippen LogP contribution in [0.15, 0.2) is 115 Å². The molecular formula is C50H56N4O9. The van der Waals surface area contributed by atoms with Gasteiger partial charge in [0.2, 0.25) is 11.8 Å². The van der Waals surface area contributed by atoms with E-state index in [9.17, 15) is 29.1 Å². The molecule has 0 radical (unpaired) electrons. The fourth-order valence-corrected chi connectivity index (χ4v) is 8.61. The average molecular weight is 857 g/mol. The van der Waals surface area contributed by atoms with Crippen molar-refractivity contribution in [1.29, 1.82) is 0 Å². The monoisotopic (exact) mass is 856 g/mol. The number of hydrogen-bond acceptors (Lipinski definition) is 9. The third-order valence-electron chi connectivity index (χ3n) is 12.0. The van der Waals surface area contributed by atoms with E-state index in [1.807, 2.05) is 103 Å². The van der Waals surface area contributed by atoms with E-state index >= 15 is 0 Å². The summed E-state index contributed by atoms with van der Waals surface area (Å²) in [5.41, 5.74) is 7.31. The average Bonchev–Trinajstić information content (AvgIpc) is 3.63. The number of nitrogens with zero attached hydrogens (tertiary/aromatic N) is 1. The number of benzene rings is 4. The van der Waals surface area contributed by atoms with Gasteiger partial charge in [-0.25, -0.2) is 14.4 Å². The summed E-state index contributed by atoms with van der Waals surface area (Å²) in [6.07, 6.45) is 5.18. The number of hydrogen-bond donors (Lipinski definition) is 4. The Kier molecular flexibility index (Phi) is 15.6. The van der Waals surface area contributed by atoms with Crippen LogP contribution in [0, 0.1) is 5.92 Å². The molecule has 0 saturated carbocycles. The number of alkyl carbamates (subject to hydrolysis) is 2. The summed E-state index contributed by atoms with van der Waals surface area (Å²) in [6.45, 7) is 0.521. The first-order chi connectivity index (χ1) is 30.8. The van der Waals surface area contributed by atoms with Crippen LogP contribution in [-0.4, -0.2) is 84.5 Å². The number of cyclic esters (lactones) is 1. The minimum absolute atomic E-state index is 0.0810. The number of allylic oxidation sites excluding steroid dienone is 2. The van der Waals surface area contributed by atoms with Crippen molar-refractivity contribution in [3.05, 3.63) is 143 Å². The van der Waals surface area contributed by atoms with Crippen molar-refractivity contribution < 1.29 is 43.3 Å². The molecule has 0 saturated heterocycles. The Bertz CT molecular complexity index is 2200. The van der Waals surface area contributed by atoms with Gasteiger partial charge in [-0.1, -0.05) is 115 Å². The van der Waals surface area contributed by atoms with Gasteiger partial charge in [0.1, 0.15) is 25.9 Å². The number of nitrogens with one attached hydrogen (secondary N) is 3. The Labute approximate surface area is 368 Å². The number of fused-ring (bicyclic) bond motifs is 4. The Hall–Kier alpha value is -6.47. The van der Waals surface area contributed by atoms with Crippen molar-refractivity contribution in [2.45, 2.75) is 88.6 Å². The second-order valence-electron chi connectivity index (χ2n) is 16.4. The molecule has 4 unspecified atom stereocenters. The first kappa shape index (κ1) is 44.6. The van der Waals surface area contributed by atoms with Crippen LogP contribution in [0.4, 0.5) is 9.59 Å². The van der Waals surface area contributed by atoms with E-state index in [2.05, 4.69) is 28.1 Å². The number of aliphatic hydroxyl groups is 1. The van der Waals surface area contributed by atoms with E-state index in [0.29, 0.717) is 45.2 Å². The SMILES string of the molecule is O=C(NCCCCC1COC(=O)C(NC(=O)OCC2c3ccccc3-c3ccccc32)CCC=CCC(CC(=O)N2Cc3ccccc3CC2CO)C(=O)N1)OCc1ccccc1. The Morgan fingerprint density at radius 3 is 2.25 bits per heavy atom. The molecule has 0 spiro atoms. The van der Waals surface area contributed by atoms with E-state index in [1.165, 1.54) is 0 Å². The fraction of sp³-hybridized carbons (Fsp3) is 0.380. The highest BCUT2D eigenvalue weighted by molar-refractivity contribution is 5.87. The lowest BCUT2D eigenvalue weighted by Crippen LogP contribution is -2.48. The molecule has 2 aliphatic heterocycles. The molecule has 330 valence electrons. The second kappa shape index (κ2) is 22.1. The van der Waals surface area contributed by atoms with Gasteiger partial charge in [-0.15, -0.1) is 0 Å². The number of carbonyl (C=O) groups excluding carboxylic acids is 5. The van der Waals surface area contributed by atoms with Gasteiger partial charge in [0, 0.05) is 25.4 Å². The van der Waals surface area contributed by atoms with Gasteiger partial charge in [0.15, 0.2) is 0 Å². The molecule has 0 fully saturated rings. The predicted octanol–water partition coefficient (Wildman–Crippen LogP) is 6.71. The lowest BCUT2D eigenvalue weighted by molar-refractivity contribution is -0.147. The third kappa shape index (κ3) is 11.9. The van der Waals surface area contributed by atoms with Crippen LogP contribution in [-0.2, 0) is 48.2 Å². The van der Waals surface area contributed by atoms with E-state index in [4.69, 9.17) is 14.2 Å². The molecule has 13 nitrogen and oxygen atoms in total. The van der Waals surface area contributed by atoms with E-state index in [-0.39, 0.29) is 63.4 Å². The maximum Gasteiger partial charge on any atom is 0.407 e. The largest absolute Gasteiger partial charge is 0.462 e. The van der Waals surface area contributed by atoms with Crippen molar-refractivity contribution in [2.75, 3.05) is 26.4 Å². The smallest absolute Gasteiger partial charge is 0.407 e. The standard InChI is InChI=1S/C50H56N4O9/c55-30-39-27-35-17-7-8-19-37(35)29-54(39)46(56)28-36-18-5-2-6-25-45(53-50(60)63-33-44-42-23-11-9-21-40(42)41-22-10-12-24-43(41)44)48(58)61-32-38(52-47(36)57)20-13-14-26-51-49(59)62-31-34-15-3-1-4-16-34/h1-5,7-12,15-17,19,21-24,36,38-39,44-45,55H,6,13-14,18,20,25-33H2,(H,51,59)(H,52,57)(H,53,60). The molecule has 4 amide bonds. The molecule has 63 heavy (non-hydrogen) atoms. The first-order valence-electron chi connectivity index (χ1n) is 21.9. The third-order valence-corrected chi connectivity index (χ3v) is 12.0. The molecule has 1 aliphatic carbocycles. The Morgan fingerprint density at radius 1 is 0.810 bits per heavy atom. The van der Waals surface area contributed by atoms with Crippen molar-refractivity contribution in [3.8, 4) is 11.1 Å². The molecule has 2 heterocycles. The van der Waals surface area contributed by atoms with Crippen LogP contribution < -0.4 is 16.0 Å². The maximum absolute atomic E-state index is 14.0. The van der Waals surface area contributed by atoms with Crippen LogP contribution in [0.2, 0.25) is 0 Å².